The standard InChI is InChI=1S/C23H23N3O5/c1-2-31-16-9-7-15(8-10-16)26-22(29)17-11-6-14(13-18(17)23(26)30)20(27)25-19-5-3-4-12-24-21(19)28/h6-11,13,19H,2-5,12H2,1H3,(H,24,28)(H,25,27). The number of anilines is 1. The number of nitrogens with one attached hydrogen (secondary N) is 2. The first-order chi connectivity index (χ1) is 15.0. The van der Waals surface area contributed by atoms with E-state index in [2.05, 4.69) is 10.6 Å². The summed E-state index contributed by atoms with van der Waals surface area (Å²) in [5, 5.41) is 5.50. The van der Waals surface area contributed by atoms with Crippen LogP contribution >= 0.6 is 0 Å². The molecule has 1 unspecified atom stereocenters. The van der Waals surface area contributed by atoms with Gasteiger partial charge in [0, 0.05) is 12.1 Å². The lowest BCUT2D eigenvalue weighted by Crippen LogP contribution is -2.45. The van der Waals surface area contributed by atoms with Crippen molar-refractivity contribution in [1.29, 1.82) is 0 Å². The van der Waals surface area contributed by atoms with Gasteiger partial charge in [0.1, 0.15) is 11.8 Å². The number of hydrogen-bond acceptors (Lipinski definition) is 5. The number of amides is 4. The Balaban J connectivity index is 1.54. The third-order valence-corrected chi connectivity index (χ3v) is 5.40. The molecule has 2 aromatic rings. The van der Waals surface area contributed by atoms with Gasteiger partial charge in [-0.1, -0.05) is 0 Å². The summed E-state index contributed by atoms with van der Waals surface area (Å²) in [6.45, 7) is 2.98. The molecule has 160 valence electrons. The molecule has 1 fully saturated rings. The second-order valence-corrected chi connectivity index (χ2v) is 7.45. The molecule has 0 bridgehead atoms. The summed E-state index contributed by atoms with van der Waals surface area (Å²) in [5.74, 6) is -0.959. The van der Waals surface area contributed by atoms with Crippen LogP contribution in [-0.2, 0) is 4.79 Å². The Kier molecular flexibility index (Phi) is 5.70. The molecule has 0 aromatic heterocycles. The summed E-state index contributed by atoms with van der Waals surface area (Å²) in [7, 11) is 0. The summed E-state index contributed by atoms with van der Waals surface area (Å²) in [6.07, 6.45) is 2.26. The number of imide groups is 1. The first-order valence-corrected chi connectivity index (χ1v) is 10.3. The zero-order chi connectivity index (χ0) is 22.0. The Morgan fingerprint density at radius 3 is 2.55 bits per heavy atom. The zero-order valence-electron chi connectivity index (χ0n) is 17.1. The molecule has 0 radical (unpaired) electrons. The van der Waals surface area contributed by atoms with E-state index in [0.717, 1.165) is 17.7 Å². The highest BCUT2D eigenvalue weighted by atomic mass is 16.5. The monoisotopic (exact) mass is 421 g/mol. The third kappa shape index (κ3) is 4.01. The van der Waals surface area contributed by atoms with Crippen molar-refractivity contribution in [2.75, 3.05) is 18.1 Å². The molecule has 1 saturated heterocycles. The van der Waals surface area contributed by atoms with E-state index in [1.54, 1.807) is 24.3 Å². The highest BCUT2D eigenvalue weighted by Gasteiger charge is 2.37. The molecule has 0 spiro atoms. The van der Waals surface area contributed by atoms with Gasteiger partial charge < -0.3 is 15.4 Å². The average Bonchev–Trinajstić information content (AvgIpc) is 2.89. The normalized spacial score (nSPS) is 18.3. The Hall–Kier alpha value is -3.68. The maximum atomic E-state index is 13.0. The number of carbonyl (C=O) groups excluding carboxylic acids is 4. The van der Waals surface area contributed by atoms with Gasteiger partial charge in [-0.15, -0.1) is 0 Å². The van der Waals surface area contributed by atoms with E-state index in [9.17, 15) is 19.2 Å². The van der Waals surface area contributed by atoms with Crippen LogP contribution in [0.3, 0.4) is 0 Å². The number of ether oxygens (including phenoxy) is 1. The Morgan fingerprint density at radius 2 is 1.81 bits per heavy atom. The van der Waals surface area contributed by atoms with Crippen LogP contribution in [0.15, 0.2) is 42.5 Å². The molecular formula is C23H23N3O5. The SMILES string of the molecule is CCOc1ccc(N2C(=O)c3ccc(C(=O)NC4CCCCNC4=O)cc3C2=O)cc1. The fourth-order valence-corrected chi connectivity index (χ4v) is 3.79. The highest BCUT2D eigenvalue weighted by Crippen LogP contribution is 2.30. The van der Waals surface area contributed by atoms with Crippen LogP contribution in [0.2, 0.25) is 0 Å². The number of fused-ring (bicyclic) bond motifs is 1. The third-order valence-electron chi connectivity index (χ3n) is 5.40. The number of rotatable bonds is 5. The molecule has 2 N–H and O–H groups in total. The van der Waals surface area contributed by atoms with Crippen molar-refractivity contribution in [3.8, 4) is 5.75 Å². The number of carbonyl (C=O) groups is 4. The summed E-state index contributed by atoms with van der Waals surface area (Å²) < 4.78 is 5.40. The van der Waals surface area contributed by atoms with Crippen LogP contribution in [0.5, 0.6) is 5.75 Å². The zero-order valence-corrected chi connectivity index (χ0v) is 17.1. The van der Waals surface area contributed by atoms with Crippen molar-refractivity contribution in [3.05, 3.63) is 59.2 Å². The molecule has 2 heterocycles. The molecule has 4 amide bonds. The number of nitrogens with zero attached hydrogens (tertiary/aromatic N) is 1. The molecule has 31 heavy (non-hydrogen) atoms. The van der Waals surface area contributed by atoms with Crippen LogP contribution in [0, 0.1) is 0 Å². The van der Waals surface area contributed by atoms with Gasteiger partial charge in [-0.2, -0.15) is 0 Å². The topological polar surface area (TPSA) is 105 Å². The van der Waals surface area contributed by atoms with Crippen molar-refractivity contribution < 1.29 is 23.9 Å². The first kappa shape index (κ1) is 20.6. The molecule has 1 atom stereocenters. The summed E-state index contributed by atoms with van der Waals surface area (Å²) in [6, 6.07) is 10.4. The van der Waals surface area contributed by atoms with Gasteiger partial charge in [0.2, 0.25) is 5.91 Å². The molecule has 4 rings (SSSR count). The minimum absolute atomic E-state index is 0.164. The molecule has 8 nitrogen and oxygen atoms in total. The lowest BCUT2D eigenvalue weighted by Gasteiger charge is -2.15. The number of benzene rings is 2. The summed E-state index contributed by atoms with van der Waals surface area (Å²) in [4.78, 5) is 51.6. The fraction of sp³-hybridized carbons (Fsp3) is 0.304. The highest BCUT2D eigenvalue weighted by molar-refractivity contribution is 6.34. The predicted octanol–water partition coefficient (Wildman–Crippen LogP) is 2.28. The molecular weight excluding hydrogens is 398 g/mol. The van der Waals surface area contributed by atoms with E-state index in [1.807, 2.05) is 6.92 Å². The smallest absolute Gasteiger partial charge is 0.266 e. The Morgan fingerprint density at radius 1 is 1.06 bits per heavy atom. The maximum Gasteiger partial charge on any atom is 0.266 e. The fourth-order valence-electron chi connectivity index (χ4n) is 3.79. The van der Waals surface area contributed by atoms with Crippen LogP contribution in [0.25, 0.3) is 0 Å². The predicted molar refractivity (Wildman–Crippen MR) is 113 cm³/mol. The van der Waals surface area contributed by atoms with Crippen molar-refractivity contribution in [1.82, 2.24) is 10.6 Å². The maximum absolute atomic E-state index is 13.0. The Labute approximate surface area is 179 Å². The van der Waals surface area contributed by atoms with E-state index in [4.69, 9.17) is 4.74 Å². The second-order valence-electron chi connectivity index (χ2n) is 7.45. The minimum Gasteiger partial charge on any atom is -0.494 e. The average molecular weight is 421 g/mol. The van der Waals surface area contributed by atoms with E-state index in [-0.39, 0.29) is 22.6 Å². The van der Waals surface area contributed by atoms with Gasteiger partial charge in [0.25, 0.3) is 17.7 Å². The first-order valence-electron chi connectivity index (χ1n) is 10.3. The van der Waals surface area contributed by atoms with Gasteiger partial charge >= 0.3 is 0 Å². The van der Waals surface area contributed by atoms with Crippen molar-refractivity contribution in [2.24, 2.45) is 0 Å². The Bertz CT molecular complexity index is 1050. The van der Waals surface area contributed by atoms with E-state index in [0.29, 0.717) is 31.0 Å². The van der Waals surface area contributed by atoms with Crippen molar-refractivity contribution in [2.45, 2.75) is 32.2 Å². The van der Waals surface area contributed by atoms with Crippen molar-refractivity contribution >= 4 is 29.3 Å². The molecule has 0 saturated carbocycles. The van der Waals surface area contributed by atoms with E-state index in [1.165, 1.54) is 18.2 Å². The molecule has 8 heteroatoms. The molecule has 0 aliphatic carbocycles. The lowest BCUT2D eigenvalue weighted by atomic mass is 10.0. The van der Waals surface area contributed by atoms with Crippen LogP contribution < -0.4 is 20.3 Å². The summed E-state index contributed by atoms with van der Waals surface area (Å²) in [5.41, 5.74) is 1.06. The van der Waals surface area contributed by atoms with E-state index < -0.39 is 23.8 Å². The second kappa shape index (κ2) is 8.59. The summed E-state index contributed by atoms with van der Waals surface area (Å²) >= 11 is 0. The molecule has 2 aliphatic rings. The quantitative estimate of drug-likeness (QED) is 0.721. The largest absolute Gasteiger partial charge is 0.494 e. The van der Waals surface area contributed by atoms with Crippen LogP contribution in [-0.4, -0.2) is 42.8 Å². The van der Waals surface area contributed by atoms with E-state index >= 15 is 0 Å². The minimum atomic E-state index is -0.610. The van der Waals surface area contributed by atoms with Crippen LogP contribution in [0.1, 0.15) is 57.3 Å². The van der Waals surface area contributed by atoms with Gasteiger partial charge in [-0.05, 0) is 68.7 Å². The van der Waals surface area contributed by atoms with Gasteiger partial charge in [-0.3, -0.25) is 19.2 Å². The van der Waals surface area contributed by atoms with Gasteiger partial charge in [-0.25, -0.2) is 4.90 Å². The van der Waals surface area contributed by atoms with Crippen LogP contribution in [0.4, 0.5) is 5.69 Å². The molecule has 2 aliphatic heterocycles. The van der Waals surface area contributed by atoms with Gasteiger partial charge in [0.15, 0.2) is 0 Å². The molecule has 2 aromatic carbocycles. The number of hydrogen-bond donors (Lipinski definition) is 2. The van der Waals surface area contributed by atoms with Gasteiger partial charge in [0.05, 0.1) is 23.4 Å². The van der Waals surface area contributed by atoms with Crippen molar-refractivity contribution in [3.63, 3.8) is 0 Å². The lowest BCUT2D eigenvalue weighted by molar-refractivity contribution is -0.122.